The lowest BCUT2D eigenvalue weighted by Gasteiger charge is -2.20. The SMILES string of the molecule is CC(C)(C)NS(=O)(=O)c1ccc(C(=O)NCCCN)cc1. The Morgan fingerprint density at radius 3 is 2.24 bits per heavy atom. The van der Waals surface area contributed by atoms with Crippen molar-refractivity contribution in [2.75, 3.05) is 13.1 Å². The highest BCUT2D eigenvalue weighted by atomic mass is 32.2. The average molecular weight is 313 g/mol. The topological polar surface area (TPSA) is 101 Å². The Labute approximate surface area is 126 Å². The molecule has 1 aromatic carbocycles. The number of nitrogens with one attached hydrogen (secondary N) is 2. The molecule has 0 aliphatic rings. The fraction of sp³-hybridized carbons (Fsp3) is 0.500. The summed E-state index contributed by atoms with van der Waals surface area (Å²) in [6, 6.07) is 5.84. The molecule has 0 heterocycles. The van der Waals surface area contributed by atoms with E-state index in [0.29, 0.717) is 25.1 Å². The van der Waals surface area contributed by atoms with Crippen LogP contribution in [0.3, 0.4) is 0 Å². The molecule has 21 heavy (non-hydrogen) atoms. The second kappa shape index (κ2) is 7.02. The van der Waals surface area contributed by atoms with E-state index in [1.165, 1.54) is 24.3 Å². The smallest absolute Gasteiger partial charge is 0.251 e. The lowest BCUT2D eigenvalue weighted by atomic mass is 10.1. The van der Waals surface area contributed by atoms with E-state index in [2.05, 4.69) is 10.0 Å². The summed E-state index contributed by atoms with van der Waals surface area (Å²) in [5.41, 5.74) is 5.21. The summed E-state index contributed by atoms with van der Waals surface area (Å²) in [7, 11) is -3.58. The van der Waals surface area contributed by atoms with Crippen LogP contribution in [0.15, 0.2) is 29.2 Å². The summed E-state index contributed by atoms with van der Waals surface area (Å²) in [4.78, 5) is 11.9. The molecule has 0 bridgehead atoms. The molecule has 1 amide bonds. The van der Waals surface area contributed by atoms with Crippen molar-refractivity contribution < 1.29 is 13.2 Å². The molecule has 118 valence electrons. The molecule has 0 saturated heterocycles. The zero-order chi connectivity index (χ0) is 16.1. The molecule has 0 atom stereocenters. The molecule has 0 aliphatic carbocycles. The Kier molecular flexibility index (Phi) is 5.88. The first-order valence-electron chi connectivity index (χ1n) is 6.78. The lowest BCUT2D eigenvalue weighted by Crippen LogP contribution is -2.40. The highest BCUT2D eigenvalue weighted by Gasteiger charge is 2.22. The van der Waals surface area contributed by atoms with Gasteiger partial charge in [0.15, 0.2) is 0 Å². The molecule has 1 aromatic rings. The molecule has 0 aliphatic heterocycles. The predicted octanol–water partition coefficient (Wildman–Crippen LogP) is 0.842. The molecular weight excluding hydrogens is 290 g/mol. The Balaban J connectivity index is 2.80. The largest absolute Gasteiger partial charge is 0.352 e. The molecule has 6 nitrogen and oxygen atoms in total. The van der Waals surface area contributed by atoms with Crippen molar-refractivity contribution in [2.24, 2.45) is 5.73 Å². The van der Waals surface area contributed by atoms with E-state index in [9.17, 15) is 13.2 Å². The van der Waals surface area contributed by atoms with Crippen LogP contribution in [0.25, 0.3) is 0 Å². The van der Waals surface area contributed by atoms with Crippen LogP contribution in [0, 0.1) is 0 Å². The fourth-order valence-corrected chi connectivity index (χ4v) is 3.07. The van der Waals surface area contributed by atoms with E-state index < -0.39 is 15.6 Å². The number of carbonyl (C=O) groups excluding carboxylic acids is 1. The maximum atomic E-state index is 12.1. The number of carbonyl (C=O) groups is 1. The predicted molar refractivity (Wildman–Crippen MR) is 82.5 cm³/mol. The van der Waals surface area contributed by atoms with Crippen LogP contribution < -0.4 is 15.8 Å². The fourth-order valence-electron chi connectivity index (χ4n) is 1.65. The number of rotatable bonds is 6. The van der Waals surface area contributed by atoms with Gasteiger partial charge in [-0.25, -0.2) is 13.1 Å². The molecular formula is C14H23N3O3S. The monoisotopic (exact) mass is 313 g/mol. The van der Waals surface area contributed by atoms with Gasteiger partial charge in [-0.3, -0.25) is 4.79 Å². The minimum absolute atomic E-state index is 0.135. The second-order valence-corrected chi connectivity index (χ2v) is 7.46. The summed E-state index contributed by atoms with van der Waals surface area (Å²) in [6.45, 7) is 6.31. The van der Waals surface area contributed by atoms with Gasteiger partial charge < -0.3 is 11.1 Å². The molecule has 0 fully saturated rings. The number of hydrogen-bond acceptors (Lipinski definition) is 4. The summed E-state index contributed by atoms with van der Waals surface area (Å²) >= 11 is 0. The summed E-state index contributed by atoms with van der Waals surface area (Å²) in [5, 5.41) is 2.71. The number of amides is 1. The van der Waals surface area contributed by atoms with Crippen LogP contribution in [0.1, 0.15) is 37.6 Å². The van der Waals surface area contributed by atoms with Gasteiger partial charge in [0.05, 0.1) is 4.90 Å². The standard InChI is InChI=1S/C14H23N3O3S/c1-14(2,3)17-21(19,20)12-7-5-11(6-8-12)13(18)16-10-4-9-15/h5-8,17H,4,9-10,15H2,1-3H3,(H,16,18). The third-order valence-electron chi connectivity index (χ3n) is 2.53. The Bertz CT molecular complexity index is 574. The molecule has 0 aromatic heterocycles. The number of sulfonamides is 1. The zero-order valence-electron chi connectivity index (χ0n) is 12.6. The van der Waals surface area contributed by atoms with Gasteiger partial charge in [0, 0.05) is 17.6 Å². The number of nitrogens with two attached hydrogens (primary N) is 1. The summed E-state index contributed by atoms with van der Waals surface area (Å²) in [5.74, 6) is -0.240. The summed E-state index contributed by atoms with van der Waals surface area (Å²) in [6.07, 6.45) is 0.702. The van der Waals surface area contributed by atoms with Gasteiger partial charge >= 0.3 is 0 Å². The van der Waals surface area contributed by atoms with Crippen molar-refractivity contribution in [1.29, 1.82) is 0 Å². The quantitative estimate of drug-likeness (QED) is 0.677. The zero-order valence-corrected chi connectivity index (χ0v) is 13.5. The first-order chi connectivity index (χ1) is 9.65. The number of hydrogen-bond donors (Lipinski definition) is 3. The van der Waals surface area contributed by atoms with E-state index in [4.69, 9.17) is 5.73 Å². The highest BCUT2D eigenvalue weighted by Crippen LogP contribution is 2.13. The van der Waals surface area contributed by atoms with Crippen LogP contribution in [0.5, 0.6) is 0 Å². The van der Waals surface area contributed by atoms with Gasteiger partial charge in [-0.05, 0) is 58.0 Å². The molecule has 0 saturated carbocycles. The average Bonchev–Trinajstić information content (AvgIpc) is 2.36. The van der Waals surface area contributed by atoms with Crippen molar-refractivity contribution in [3.8, 4) is 0 Å². The molecule has 1 rings (SSSR count). The van der Waals surface area contributed by atoms with Crippen molar-refractivity contribution in [1.82, 2.24) is 10.0 Å². The van der Waals surface area contributed by atoms with Gasteiger partial charge in [0.1, 0.15) is 0 Å². The lowest BCUT2D eigenvalue weighted by molar-refractivity contribution is 0.0953. The first kappa shape index (κ1) is 17.6. The van der Waals surface area contributed by atoms with Gasteiger partial charge in [0.2, 0.25) is 10.0 Å². The van der Waals surface area contributed by atoms with E-state index in [0.717, 1.165) is 0 Å². The third kappa shape index (κ3) is 5.82. The molecule has 0 unspecified atom stereocenters. The molecule has 7 heteroatoms. The van der Waals surface area contributed by atoms with E-state index in [-0.39, 0.29) is 10.8 Å². The van der Waals surface area contributed by atoms with Crippen molar-refractivity contribution in [3.05, 3.63) is 29.8 Å². The van der Waals surface area contributed by atoms with Crippen LogP contribution >= 0.6 is 0 Å². The van der Waals surface area contributed by atoms with Gasteiger partial charge in [0.25, 0.3) is 5.91 Å². The van der Waals surface area contributed by atoms with Crippen LogP contribution in [0.2, 0.25) is 0 Å². The Hall–Kier alpha value is -1.44. The van der Waals surface area contributed by atoms with Crippen molar-refractivity contribution in [2.45, 2.75) is 37.6 Å². The first-order valence-corrected chi connectivity index (χ1v) is 8.26. The Morgan fingerprint density at radius 2 is 1.76 bits per heavy atom. The molecule has 0 spiro atoms. The maximum absolute atomic E-state index is 12.1. The highest BCUT2D eigenvalue weighted by molar-refractivity contribution is 7.89. The van der Waals surface area contributed by atoms with Crippen LogP contribution in [0.4, 0.5) is 0 Å². The maximum Gasteiger partial charge on any atom is 0.251 e. The minimum Gasteiger partial charge on any atom is -0.352 e. The summed E-state index contributed by atoms with van der Waals surface area (Å²) < 4.78 is 26.8. The second-order valence-electron chi connectivity index (χ2n) is 5.78. The van der Waals surface area contributed by atoms with Crippen LogP contribution in [-0.2, 0) is 10.0 Å². The van der Waals surface area contributed by atoms with Gasteiger partial charge in [-0.1, -0.05) is 0 Å². The van der Waals surface area contributed by atoms with Gasteiger partial charge in [-0.15, -0.1) is 0 Å². The third-order valence-corrected chi connectivity index (χ3v) is 4.31. The van der Waals surface area contributed by atoms with Crippen LogP contribution in [-0.4, -0.2) is 33.0 Å². The minimum atomic E-state index is -3.58. The number of benzene rings is 1. The van der Waals surface area contributed by atoms with E-state index in [1.807, 2.05) is 0 Å². The van der Waals surface area contributed by atoms with E-state index in [1.54, 1.807) is 20.8 Å². The molecule has 0 radical (unpaired) electrons. The normalized spacial score (nSPS) is 12.2. The molecule has 4 N–H and O–H groups in total. The van der Waals surface area contributed by atoms with Crippen molar-refractivity contribution >= 4 is 15.9 Å². The Morgan fingerprint density at radius 1 is 1.19 bits per heavy atom. The van der Waals surface area contributed by atoms with Gasteiger partial charge in [-0.2, -0.15) is 0 Å². The van der Waals surface area contributed by atoms with E-state index >= 15 is 0 Å². The van der Waals surface area contributed by atoms with Crippen molar-refractivity contribution in [3.63, 3.8) is 0 Å².